The van der Waals surface area contributed by atoms with Crippen molar-refractivity contribution in [3.63, 3.8) is 0 Å². The number of anilines is 1. The van der Waals surface area contributed by atoms with E-state index in [0.717, 1.165) is 28.7 Å². The maximum Gasteiger partial charge on any atom is 0.449 e. The van der Waals surface area contributed by atoms with E-state index in [4.69, 9.17) is 4.74 Å². The van der Waals surface area contributed by atoms with Crippen LogP contribution in [-0.4, -0.2) is 34.1 Å². The molecule has 1 aliphatic rings. The number of carbonyl (C=O) groups is 2. The van der Waals surface area contributed by atoms with Gasteiger partial charge in [0, 0.05) is 12.2 Å². The van der Waals surface area contributed by atoms with Crippen molar-refractivity contribution in [2.45, 2.75) is 38.6 Å². The van der Waals surface area contributed by atoms with Crippen molar-refractivity contribution in [3.05, 3.63) is 59.9 Å². The zero-order valence-electron chi connectivity index (χ0n) is 16.7. The lowest BCUT2D eigenvalue weighted by atomic mass is 10.0. The van der Waals surface area contributed by atoms with Crippen molar-refractivity contribution in [1.82, 2.24) is 9.55 Å². The van der Waals surface area contributed by atoms with Crippen LogP contribution in [0.2, 0.25) is 0 Å². The predicted octanol–water partition coefficient (Wildman–Crippen LogP) is 3.97. The molecule has 1 atom stereocenters. The predicted molar refractivity (Wildman–Crippen MR) is 107 cm³/mol. The summed E-state index contributed by atoms with van der Waals surface area (Å²) in [6.45, 7) is 1.21. The SMILES string of the molecule is C[C@@H](OC(=O)Cn1c(C(F)(F)F)nc2ccccc21)C(=O)N1CCCc2ccccc21. The Bertz CT molecular complexity index is 1140. The van der Waals surface area contributed by atoms with Gasteiger partial charge in [0.25, 0.3) is 5.91 Å². The van der Waals surface area contributed by atoms with Gasteiger partial charge < -0.3 is 14.2 Å². The molecule has 1 aromatic heterocycles. The van der Waals surface area contributed by atoms with E-state index < -0.39 is 36.5 Å². The van der Waals surface area contributed by atoms with E-state index in [0.29, 0.717) is 6.54 Å². The number of hydrogen-bond donors (Lipinski definition) is 0. The molecule has 1 amide bonds. The lowest BCUT2D eigenvalue weighted by molar-refractivity contribution is -0.157. The van der Waals surface area contributed by atoms with Crippen LogP contribution in [0.25, 0.3) is 11.0 Å². The number of esters is 1. The number of halogens is 3. The Morgan fingerprint density at radius 3 is 2.61 bits per heavy atom. The molecule has 0 aliphatic carbocycles. The number of aromatic nitrogens is 2. The molecule has 6 nitrogen and oxygen atoms in total. The Hall–Kier alpha value is -3.36. The first-order valence-electron chi connectivity index (χ1n) is 9.87. The molecule has 31 heavy (non-hydrogen) atoms. The number of imidazole rings is 1. The second-order valence-corrected chi connectivity index (χ2v) is 7.36. The van der Waals surface area contributed by atoms with Gasteiger partial charge in [0.15, 0.2) is 6.10 Å². The molecule has 0 N–H and O–H groups in total. The number of rotatable bonds is 4. The molecule has 2 aromatic carbocycles. The van der Waals surface area contributed by atoms with Crippen LogP contribution in [0.3, 0.4) is 0 Å². The van der Waals surface area contributed by atoms with Gasteiger partial charge in [-0.15, -0.1) is 0 Å². The highest BCUT2D eigenvalue weighted by Crippen LogP contribution is 2.32. The highest BCUT2D eigenvalue weighted by molar-refractivity contribution is 5.98. The Balaban J connectivity index is 1.52. The van der Waals surface area contributed by atoms with Gasteiger partial charge in [0.2, 0.25) is 5.82 Å². The summed E-state index contributed by atoms with van der Waals surface area (Å²) in [6.07, 6.45) is -4.25. The molecule has 0 bridgehead atoms. The zero-order valence-corrected chi connectivity index (χ0v) is 16.7. The van der Waals surface area contributed by atoms with Crippen LogP contribution in [0.15, 0.2) is 48.5 Å². The maximum absolute atomic E-state index is 13.4. The summed E-state index contributed by atoms with van der Waals surface area (Å²) >= 11 is 0. The molecule has 4 rings (SSSR count). The third kappa shape index (κ3) is 4.12. The topological polar surface area (TPSA) is 64.4 Å². The average molecular weight is 431 g/mol. The van der Waals surface area contributed by atoms with Crippen LogP contribution in [-0.2, 0) is 33.5 Å². The number of amides is 1. The summed E-state index contributed by atoms with van der Waals surface area (Å²) in [6, 6.07) is 13.5. The van der Waals surface area contributed by atoms with Crippen LogP contribution in [0, 0.1) is 0 Å². The maximum atomic E-state index is 13.4. The Labute approximate surface area is 176 Å². The van der Waals surface area contributed by atoms with E-state index in [1.54, 1.807) is 17.0 Å². The fourth-order valence-corrected chi connectivity index (χ4v) is 3.85. The van der Waals surface area contributed by atoms with Gasteiger partial charge in [-0.3, -0.25) is 9.59 Å². The Kier molecular flexibility index (Phi) is 5.43. The summed E-state index contributed by atoms with van der Waals surface area (Å²) < 4.78 is 46.2. The first-order chi connectivity index (χ1) is 14.8. The van der Waals surface area contributed by atoms with Gasteiger partial charge in [-0.2, -0.15) is 13.2 Å². The van der Waals surface area contributed by atoms with Gasteiger partial charge in [0.05, 0.1) is 11.0 Å². The number of benzene rings is 2. The number of carbonyl (C=O) groups excluding carboxylic acids is 2. The van der Waals surface area contributed by atoms with Gasteiger partial charge in [-0.25, -0.2) is 4.98 Å². The summed E-state index contributed by atoms with van der Waals surface area (Å²) in [4.78, 5) is 30.5. The average Bonchev–Trinajstić information content (AvgIpc) is 3.11. The highest BCUT2D eigenvalue weighted by Gasteiger charge is 2.38. The lowest BCUT2D eigenvalue weighted by Crippen LogP contribution is -2.43. The van der Waals surface area contributed by atoms with E-state index in [9.17, 15) is 22.8 Å². The third-order valence-electron chi connectivity index (χ3n) is 5.23. The second kappa shape index (κ2) is 8.05. The third-order valence-corrected chi connectivity index (χ3v) is 5.23. The number of hydrogen-bond acceptors (Lipinski definition) is 4. The molecule has 0 saturated heterocycles. The summed E-state index contributed by atoms with van der Waals surface area (Å²) in [5.41, 5.74) is 2.08. The standard InChI is InChI=1S/C22H20F3N3O3/c1-14(20(30)27-12-6-8-15-7-2-4-10-17(15)27)31-19(29)13-28-18-11-5-3-9-16(18)26-21(28)22(23,24)25/h2-5,7,9-11,14H,6,8,12-13H2,1H3/t14-/m1/s1. The highest BCUT2D eigenvalue weighted by atomic mass is 19.4. The first kappa shape index (κ1) is 20.9. The number of ether oxygens (including phenoxy) is 1. The molecule has 9 heteroatoms. The van der Waals surface area contributed by atoms with Gasteiger partial charge in [0.1, 0.15) is 6.54 Å². The van der Waals surface area contributed by atoms with Crippen molar-refractivity contribution >= 4 is 28.6 Å². The number of aryl methyl sites for hydroxylation is 1. The smallest absolute Gasteiger partial charge is 0.449 e. The van der Waals surface area contributed by atoms with E-state index in [1.807, 2.05) is 24.3 Å². The van der Waals surface area contributed by atoms with Crippen LogP contribution < -0.4 is 4.90 Å². The van der Waals surface area contributed by atoms with E-state index in [1.165, 1.54) is 19.1 Å². The molecule has 1 aliphatic heterocycles. The van der Waals surface area contributed by atoms with Crippen molar-refractivity contribution in [2.24, 2.45) is 0 Å². The first-order valence-corrected chi connectivity index (χ1v) is 9.87. The zero-order chi connectivity index (χ0) is 22.2. The Morgan fingerprint density at radius 1 is 1.13 bits per heavy atom. The molecule has 3 aromatic rings. The molecule has 2 heterocycles. The second-order valence-electron chi connectivity index (χ2n) is 7.36. The van der Waals surface area contributed by atoms with Crippen molar-refractivity contribution in [2.75, 3.05) is 11.4 Å². The van der Waals surface area contributed by atoms with Crippen LogP contribution in [0.4, 0.5) is 18.9 Å². The fraction of sp³-hybridized carbons (Fsp3) is 0.318. The van der Waals surface area contributed by atoms with Crippen LogP contribution in [0.5, 0.6) is 0 Å². The van der Waals surface area contributed by atoms with Crippen LogP contribution in [0.1, 0.15) is 24.7 Å². The number of alkyl halides is 3. The van der Waals surface area contributed by atoms with Gasteiger partial charge in [-0.05, 0) is 43.5 Å². The fourth-order valence-electron chi connectivity index (χ4n) is 3.85. The minimum absolute atomic E-state index is 0.122. The minimum Gasteiger partial charge on any atom is -0.451 e. The van der Waals surface area contributed by atoms with Crippen LogP contribution >= 0.6 is 0 Å². The number of nitrogens with zero attached hydrogens (tertiary/aromatic N) is 3. The van der Waals surface area contributed by atoms with Crippen molar-refractivity contribution in [3.8, 4) is 0 Å². The minimum atomic E-state index is -4.74. The number of para-hydroxylation sites is 3. The van der Waals surface area contributed by atoms with Gasteiger partial charge in [-0.1, -0.05) is 30.3 Å². The molecule has 0 radical (unpaired) electrons. The quantitative estimate of drug-likeness (QED) is 0.587. The van der Waals surface area contributed by atoms with Crippen molar-refractivity contribution < 1.29 is 27.5 Å². The largest absolute Gasteiger partial charge is 0.451 e. The van der Waals surface area contributed by atoms with E-state index >= 15 is 0 Å². The lowest BCUT2D eigenvalue weighted by Gasteiger charge is -2.31. The Morgan fingerprint density at radius 2 is 1.84 bits per heavy atom. The number of fused-ring (bicyclic) bond motifs is 2. The molecule has 0 spiro atoms. The molecule has 0 unspecified atom stereocenters. The van der Waals surface area contributed by atoms with E-state index in [-0.39, 0.29) is 11.0 Å². The molecular weight excluding hydrogens is 411 g/mol. The summed E-state index contributed by atoms with van der Waals surface area (Å²) in [5, 5.41) is 0. The van der Waals surface area contributed by atoms with Crippen molar-refractivity contribution in [1.29, 1.82) is 0 Å². The summed E-state index contributed by atoms with van der Waals surface area (Å²) in [5.74, 6) is -2.54. The van der Waals surface area contributed by atoms with Gasteiger partial charge >= 0.3 is 12.1 Å². The molecule has 0 fully saturated rings. The molecular formula is C22H20F3N3O3. The summed E-state index contributed by atoms with van der Waals surface area (Å²) in [7, 11) is 0. The van der Waals surface area contributed by atoms with E-state index in [2.05, 4.69) is 4.98 Å². The molecule has 162 valence electrons. The monoisotopic (exact) mass is 431 g/mol. The molecule has 0 saturated carbocycles. The normalized spacial score (nSPS) is 14.9.